The van der Waals surface area contributed by atoms with Crippen molar-refractivity contribution in [2.75, 3.05) is 6.54 Å². The number of carboxylic acids is 1. The molecule has 0 aromatic heterocycles. The van der Waals surface area contributed by atoms with Gasteiger partial charge in [0.05, 0.1) is 18.6 Å². The summed E-state index contributed by atoms with van der Waals surface area (Å²) in [5.74, 6) is -1.34. The Bertz CT molecular complexity index is 289. The van der Waals surface area contributed by atoms with E-state index in [1.807, 2.05) is 0 Å². The molecule has 2 aliphatic rings. The molecule has 1 aliphatic heterocycles. The van der Waals surface area contributed by atoms with Crippen LogP contribution in [0.5, 0.6) is 0 Å². The lowest BCUT2D eigenvalue weighted by molar-refractivity contribution is -0.329. The average Bonchev–Trinajstić information content (AvgIpc) is 2.28. The number of ether oxygens (including phenoxy) is 2. The summed E-state index contributed by atoms with van der Waals surface area (Å²) < 4.78 is 12.0. The molecule has 0 bridgehead atoms. The van der Waals surface area contributed by atoms with Gasteiger partial charge in [-0.15, -0.1) is 0 Å². The van der Waals surface area contributed by atoms with E-state index in [9.17, 15) is 4.79 Å². The smallest absolute Gasteiger partial charge is 0.305 e. The summed E-state index contributed by atoms with van der Waals surface area (Å²) in [7, 11) is 0. The van der Waals surface area contributed by atoms with E-state index in [0.29, 0.717) is 13.0 Å². The molecule has 0 unspecified atom stereocenters. The minimum atomic E-state index is -0.806. The molecule has 0 amide bonds. The van der Waals surface area contributed by atoms with Crippen molar-refractivity contribution < 1.29 is 19.4 Å². The Kier molecular flexibility index (Phi) is 4.59. The molecule has 2 fully saturated rings. The molecule has 0 radical (unpaired) electrons. The molecule has 5 nitrogen and oxygen atoms in total. The third-order valence-corrected chi connectivity index (χ3v) is 3.79. The van der Waals surface area contributed by atoms with E-state index in [2.05, 4.69) is 0 Å². The molecule has 0 aromatic carbocycles. The molecular formula is C13H23NO4. The predicted molar refractivity (Wildman–Crippen MR) is 66.1 cm³/mol. The van der Waals surface area contributed by atoms with E-state index in [4.69, 9.17) is 20.3 Å². The van der Waals surface area contributed by atoms with Crippen molar-refractivity contribution >= 4 is 5.97 Å². The maximum Gasteiger partial charge on any atom is 0.305 e. The molecular weight excluding hydrogens is 234 g/mol. The van der Waals surface area contributed by atoms with Gasteiger partial charge in [0.25, 0.3) is 0 Å². The van der Waals surface area contributed by atoms with Crippen LogP contribution in [-0.2, 0) is 14.3 Å². The first-order valence-corrected chi connectivity index (χ1v) is 6.91. The molecule has 2 atom stereocenters. The van der Waals surface area contributed by atoms with Crippen LogP contribution < -0.4 is 5.73 Å². The molecule has 1 saturated carbocycles. The minimum absolute atomic E-state index is 0.0474. The summed E-state index contributed by atoms with van der Waals surface area (Å²) in [5.41, 5.74) is 5.59. The first-order valence-electron chi connectivity index (χ1n) is 6.91. The SMILES string of the molecule is NCC[C@@H]1C[C@H](CC(=O)O)OC2(CCCCC2)O1. The van der Waals surface area contributed by atoms with Gasteiger partial charge in [-0.2, -0.15) is 0 Å². The van der Waals surface area contributed by atoms with Crippen molar-refractivity contribution in [3.63, 3.8) is 0 Å². The molecule has 5 heteroatoms. The van der Waals surface area contributed by atoms with Gasteiger partial charge in [0.15, 0.2) is 5.79 Å². The van der Waals surface area contributed by atoms with Crippen LogP contribution in [0.15, 0.2) is 0 Å². The first kappa shape index (κ1) is 13.8. The molecule has 1 spiro atoms. The second-order valence-electron chi connectivity index (χ2n) is 5.36. The van der Waals surface area contributed by atoms with E-state index in [0.717, 1.165) is 32.1 Å². The van der Waals surface area contributed by atoms with E-state index < -0.39 is 11.8 Å². The van der Waals surface area contributed by atoms with E-state index in [1.54, 1.807) is 0 Å². The number of carbonyl (C=O) groups is 1. The number of rotatable bonds is 4. The van der Waals surface area contributed by atoms with E-state index in [-0.39, 0.29) is 18.6 Å². The van der Waals surface area contributed by atoms with Crippen LogP contribution in [0.25, 0.3) is 0 Å². The largest absolute Gasteiger partial charge is 0.481 e. The molecule has 2 rings (SSSR count). The average molecular weight is 257 g/mol. The van der Waals surface area contributed by atoms with Crippen LogP contribution in [0.1, 0.15) is 51.4 Å². The van der Waals surface area contributed by atoms with Gasteiger partial charge in [0.1, 0.15) is 0 Å². The maximum atomic E-state index is 10.9. The molecule has 0 aromatic rings. The number of nitrogens with two attached hydrogens (primary N) is 1. The van der Waals surface area contributed by atoms with Crippen LogP contribution in [0.4, 0.5) is 0 Å². The van der Waals surface area contributed by atoms with E-state index >= 15 is 0 Å². The highest BCUT2D eigenvalue weighted by Crippen LogP contribution is 2.40. The normalized spacial score (nSPS) is 31.4. The number of carboxylic acid groups (broad SMARTS) is 1. The highest BCUT2D eigenvalue weighted by molar-refractivity contribution is 5.67. The topological polar surface area (TPSA) is 81.8 Å². The Morgan fingerprint density at radius 2 is 1.89 bits per heavy atom. The zero-order chi connectivity index (χ0) is 13.0. The zero-order valence-corrected chi connectivity index (χ0v) is 10.8. The summed E-state index contributed by atoms with van der Waals surface area (Å²) >= 11 is 0. The molecule has 1 heterocycles. The Hall–Kier alpha value is -0.650. The first-order chi connectivity index (χ1) is 8.63. The Morgan fingerprint density at radius 3 is 2.50 bits per heavy atom. The second-order valence-corrected chi connectivity index (χ2v) is 5.36. The van der Waals surface area contributed by atoms with Gasteiger partial charge in [-0.1, -0.05) is 6.42 Å². The van der Waals surface area contributed by atoms with Crippen molar-refractivity contribution in [2.45, 2.75) is 69.4 Å². The molecule has 1 aliphatic carbocycles. The van der Waals surface area contributed by atoms with Crippen LogP contribution in [0.3, 0.4) is 0 Å². The molecule has 3 N–H and O–H groups in total. The standard InChI is InChI=1S/C13H23NO4/c14-7-4-10-8-11(9-12(15)16)18-13(17-10)5-2-1-3-6-13/h10-11H,1-9,14H2,(H,15,16)/t10-,11-/m1/s1. The lowest BCUT2D eigenvalue weighted by Gasteiger charge is -2.46. The lowest BCUT2D eigenvalue weighted by Crippen LogP contribution is -2.50. The lowest BCUT2D eigenvalue weighted by atomic mass is 9.91. The molecule has 1 saturated heterocycles. The monoisotopic (exact) mass is 257 g/mol. The predicted octanol–water partition coefficient (Wildman–Crippen LogP) is 1.64. The van der Waals surface area contributed by atoms with Crippen molar-refractivity contribution in [1.82, 2.24) is 0 Å². The number of hydrogen-bond acceptors (Lipinski definition) is 4. The fourth-order valence-corrected chi connectivity index (χ4v) is 3.03. The maximum absolute atomic E-state index is 10.9. The van der Waals surface area contributed by atoms with Crippen LogP contribution in [-0.4, -0.2) is 35.6 Å². The number of aliphatic carboxylic acids is 1. The fraction of sp³-hybridized carbons (Fsp3) is 0.923. The van der Waals surface area contributed by atoms with Gasteiger partial charge in [-0.3, -0.25) is 4.79 Å². The van der Waals surface area contributed by atoms with E-state index in [1.165, 1.54) is 6.42 Å². The van der Waals surface area contributed by atoms with Crippen molar-refractivity contribution in [2.24, 2.45) is 5.73 Å². The number of hydrogen-bond donors (Lipinski definition) is 2. The van der Waals surface area contributed by atoms with Crippen molar-refractivity contribution in [1.29, 1.82) is 0 Å². The Morgan fingerprint density at radius 1 is 1.22 bits per heavy atom. The highest BCUT2D eigenvalue weighted by atomic mass is 16.7. The summed E-state index contributed by atoms with van der Waals surface area (Å²) in [6.45, 7) is 0.570. The summed E-state index contributed by atoms with van der Waals surface area (Å²) in [5, 5.41) is 8.92. The fourth-order valence-electron chi connectivity index (χ4n) is 3.03. The Balaban J connectivity index is 2.02. The molecule has 104 valence electrons. The van der Waals surface area contributed by atoms with Gasteiger partial charge >= 0.3 is 5.97 Å². The van der Waals surface area contributed by atoms with Gasteiger partial charge < -0.3 is 20.3 Å². The Labute approximate surface area is 108 Å². The summed E-state index contributed by atoms with van der Waals surface area (Å²) in [4.78, 5) is 10.9. The van der Waals surface area contributed by atoms with Crippen LogP contribution >= 0.6 is 0 Å². The molecule has 18 heavy (non-hydrogen) atoms. The minimum Gasteiger partial charge on any atom is -0.481 e. The summed E-state index contributed by atoms with van der Waals surface area (Å²) in [6, 6.07) is 0. The third-order valence-electron chi connectivity index (χ3n) is 3.79. The van der Waals surface area contributed by atoms with Crippen LogP contribution in [0.2, 0.25) is 0 Å². The van der Waals surface area contributed by atoms with Gasteiger partial charge in [0, 0.05) is 19.3 Å². The van der Waals surface area contributed by atoms with Crippen LogP contribution in [0, 0.1) is 0 Å². The second kappa shape index (κ2) is 5.99. The van der Waals surface area contributed by atoms with Crippen molar-refractivity contribution in [3.8, 4) is 0 Å². The summed E-state index contributed by atoms with van der Waals surface area (Å²) in [6.07, 6.45) is 6.45. The quantitative estimate of drug-likeness (QED) is 0.800. The zero-order valence-electron chi connectivity index (χ0n) is 10.8. The van der Waals surface area contributed by atoms with Gasteiger partial charge in [-0.05, 0) is 25.8 Å². The van der Waals surface area contributed by atoms with Crippen molar-refractivity contribution in [3.05, 3.63) is 0 Å². The third kappa shape index (κ3) is 3.43. The van der Waals surface area contributed by atoms with Gasteiger partial charge in [-0.25, -0.2) is 0 Å². The van der Waals surface area contributed by atoms with Gasteiger partial charge in [0.2, 0.25) is 0 Å². The highest BCUT2D eigenvalue weighted by Gasteiger charge is 2.43.